The predicted molar refractivity (Wildman–Crippen MR) is 71.4 cm³/mol. The first-order chi connectivity index (χ1) is 9.67. The summed E-state index contributed by atoms with van der Waals surface area (Å²) in [5.41, 5.74) is 2.69. The molecule has 0 spiro atoms. The average Bonchev–Trinajstić information content (AvgIpc) is 3.00. The number of fused-ring (bicyclic) bond motifs is 2. The molecule has 0 bridgehead atoms. The summed E-state index contributed by atoms with van der Waals surface area (Å²) < 4.78 is 15.5. The van der Waals surface area contributed by atoms with Crippen molar-refractivity contribution in [3.8, 4) is 11.5 Å². The number of allylic oxidation sites excluding steroid dienone is 1. The standard InChI is InChI=1S/C15H16O5/c1-3-4-8-9-5-11-12(20-7-19-11)6-10(9)14(16)13(8)15(17)18-2/h5-6,14,16H,3-4,7H2,1-2H3. The lowest BCUT2D eigenvalue weighted by atomic mass is 10.0. The van der Waals surface area contributed by atoms with Gasteiger partial charge in [0.15, 0.2) is 11.5 Å². The molecule has 0 amide bonds. The van der Waals surface area contributed by atoms with Crippen LogP contribution in [0.5, 0.6) is 11.5 Å². The van der Waals surface area contributed by atoms with Crippen LogP contribution in [-0.4, -0.2) is 25.0 Å². The lowest BCUT2D eigenvalue weighted by Crippen LogP contribution is -2.10. The van der Waals surface area contributed by atoms with Gasteiger partial charge in [-0.1, -0.05) is 13.3 Å². The molecule has 1 aromatic carbocycles. The van der Waals surface area contributed by atoms with Crippen LogP contribution >= 0.6 is 0 Å². The van der Waals surface area contributed by atoms with E-state index in [-0.39, 0.29) is 6.79 Å². The van der Waals surface area contributed by atoms with E-state index in [1.165, 1.54) is 7.11 Å². The Morgan fingerprint density at radius 2 is 2.10 bits per heavy atom. The fraction of sp³-hybridized carbons (Fsp3) is 0.400. The molecule has 1 N–H and O–H groups in total. The molecule has 5 nitrogen and oxygen atoms in total. The largest absolute Gasteiger partial charge is 0.466 e. The molecule has 1 heterocycles. The molecule has 1 unspecified atom stereocenters. The fourth-order valence-electron chi connectivity index (χ4n) is 2.78. The maximum atomic E-state index is 11.9. The normalized spacial score (nSPS) is 19.2. The highest BCUT2D eigenvalue weighted by Crippen LogP contribution is 2.48. The Morgan fingerprint density at radius 3 is 2.75 bits per heavy atom. The van der Waals surface area contributed by atoms with Crippen LogP contribution in [0.1, 0.15) is 37.0 Å². The van der Waals surface area contributed by atoms with Crippen molar-refractivity contribution >= 4 is 11.5 Å². The Hall–Kier alpha value is -2.01. The van der Waals surface area contributed by atoms with Crippen LogP contribution in [0.25, 0.3) is 5.57 Å². The predicted octanol–water partition coefficient (Wildman–Crippen LogP) is 2.19. The topological polar surface area (TPSA) is 65.0 Å². The molecule has 0 fully saturated rings. The summed E-state index contributed by atoms with van der Waals surface area (Å²) in [6.45, 7) is 2.21. The van der Waals surface area contributed by atoms with E-state index >= 15 is 0 Å². The molecule has 1 aliphatic carbocycles. The first-order valence-corrected chi connectivity index (χ1v) is 6.60. The van der Waals surface area contributed by atoms with Gasteiger partial charge >= 0.3 is 5.97 Å². The Labute approximate surface area is 116 Å². The highest BCUT2D eigenvalue weighted by molar-refractivity contribution is 6.02. The lowest BCUT2D eigenvalue weighted by molar-refractivity contribution is -0.137. The highest BCUT2D eigenvalue weighted by atomic mass is 16.7. The van der Waals surface area contributed by atoms with E-state index < -0.39 is 12.1 Å². The molecule has 5 heteroatoms. The van der Waals surface area contributed by atoms with Gasteiger partial charge in [-0.15, -0.1) is 0 Å². The number of carbonyl (C=O) groups excluding carboxylic acids is 1. The molecule has 3 rings (SSSR count). The van der Waals surface area contributed by atoms with E-state index in [9.17, 15) is 9.90 Å². The van der Waals surface area contributed by atoms with Gasteiger partial charge in [0.05, 0.1) is 12.7 Å². The molecule has 1 aliphatic heterocycles. The minimum absolute atomic E-state index is 0.186. The first kappa shape index (κ1) is 13.0. The van der Waals surface area contributed by atoms with Crippen molar-refractivity contribution in [1.82, 2.24) is 0 Å². The smallest absolute Gasteiger partial charge is 0.337 e. The lowest BCUT2D eigenvalue weighted by Gasteiger charge is -2.08. The summed E-state index contributed by atoms with van der Waals surface area (Å²) in [5, 5.41) is 10.4. The first-order valence-electron chi connectivity index (χ1n) is 6.60. The number of benzene rings is 1. The monoisotopic (exact) mass is 276 g/mol. The number of methoxy groups -OCH3 is 1. The van der Waals surface area contributed by atoms with Crippen LogP contribution in [-0.2, 0) is 9.53 Å². The summed E-state index contributed by atoms with van der Waals surface area (Å²) in [4.78, 5) is 11.9. The van der Waals surface area contributed by atoms with Gasteiger partial charge in [0.2, 0.25) is 6.79 Å². The van der Waals surface area contributed by atoms with E-state index in [1.807, 2.05) is 13.0 Å². The summed E-state index contributed by atoms with van der Waals surface area (Å²) in [5.74, 6) is 0.763. The number of ether oxygens (including phenoxy) is 3. The molecule has 2 aliphatic rings. The maximum absolute atomic E-state index is 11.9. The second-order valence-electron chi connectivity index (χ2n) is 4.83. The van der Waals surface area contributed by atoms with Gasteiger partial charge in [0.25, 0.3) is 0 Å². The van der Waals surface area contributed by atoms with Crippen molar-refractivity contribution in [3.63, 3.8) is 0 Å². The number of hydrogen-bond donors (Lipinski definition) is 1. The summed E-state index contributed by atoms with van der Waals surface area (Å²) in [7, 11) is 1.32. The van der Waals surface area contributed by atoms with Gasteiger partial charge in [-0.05, 0) is 35.3 Å². The zero-order chi connectivity index (χ0) is 14.3. The minimum atomic E-state index is -0.964. The van der Waals surface area contributed by atoms with Gasteiger partial charge < -0.3 is 19.3 Å². The maximum Gasteiger partial charge on any atom is 0.337 e. The van der Waals surface area contributed by atoms with Crippen molar-refractivity contribution in [2.24, 2.45) is 0 Å². The van der Waals surface area contributed by atoms with Crippen molar-refractivity contribution in [3.05, 3.63) is 28.8 Å². The Balaban J connectivity index is 2.14. The van der Waals surface area contributed by atoms with E-state index in [1.54, 1.807) is 6.07 Å². The number of carbonyl (C=O) groups is 1. The van der Waals surface area contributed by atoms with Crippen LogP contribution in [0.4, 0.5) is 0 Å². The van der Waals surface area contributed by atoms with Gasteiger partial charge in [-0.3, -0.25) is 0 Å². The molecule has 20 heavy (non-hydrogen) atoms. The number of esters is 1. The van der Waals surface area contributed by atoms with Crippen molar-refractivity contribution in [2.45, 2.75) is 25.9 Å². The molecular weight excluding hydrogens is 260 g/mol. The van der Waals surface area contributed by atoms with Gasteiger partial charge in [-0.2, -0.15) is 0 Å². The van der Waals surface area contributed by atoms with Crippen molar-refractivity contribution in [2.75, 3.05) is 13.9 Å². The zero-order valence-electron chi connectivity index (χ0n) is 11.4. The zero-order valence-corrected chi connectivity index (χ0v) is 11.4. The minimum Gasteiger partial charge on any atom is -0.466 e. The fourth-order valence-corrected chi connectivity index (χ4v) is 2.78. The number of rotatable bonds is 3. The molecule has 0 saturated heterocycles. The number of hydrogen-bond acceptors (Lipinski definition) is 5. The Kier molecular flexibility index (Phi) is 3.14. The van der Waals surface area contributed by atoms with Gasteiger partial charge in [-0.25, -0.2) is 4.79 Å². The SMILES string of the molecule is CCCC1=C(C(=O)OC)C(O)c2cc3c(cc21)OCO3. The van der Waals surface area contributed by atoms with E-state index in [4.69, 9.17) is 14.2 Å². The quantitative estimate of drug-likeness (QED) is 0.857. The molecular formula is C15H16O5. The second-order valence-corrected chi connectivity index (χ2v) is 4.83. The third-order valence-electron chi connectivity index (χ3n) is 3.67. The highest BCUT2D eigenvalue weighted by Gasteiger charge is 2.36. The van der Waals surface area contributed by atoms with Gasteiger partial charge in [0.1, 0.15) is 6.10 Å². The van der Waals surface area contributed by atoms with E-state index in [0.717, 1.165) is 17.6 Å². The number of aliphatic hydroxyl groups excluding tert-OH is 1. The summed E-state index contributed by atoms with van der Waals surface area (Å²) in [6, 6.07) is 3.58. The summed E-state index contributed by atoms with van der Waals surface area (Å²) >= 11 is 0. The molecule has 0 saturated carbocycles. The van der Waals surface area contributed by atoms with Crippen LogP contribution in [0, 0.1) is 0 Å². The third kappa shape index (κ3) is 1.78. The molecule has 0 radical (unpaired) electrons. The molecule has 0 aromatic heterocycles. The number of aliphatic hydroxyl groups is 1. The molecule has 1 atom stereocenters. The van der Waals surface area contributed by atoms with Gasteiger partial charge in [0, 0.05) is 0 Å². The van der Waals surface area contributed by atoms with Crippen LogP contribution in [0.3, 0.4) is 0 Å². The van der Waals surface area contributed by atoms with Crippen LogP contribution < -0.4 is 9.47 Å². The third-order valence-corrected chi connectivity index (χ3v) is 3.67. The van der Waals surface area contributed by atoms with E-state index in [0.29, 0.717) is 29.1 Å². The van der Waals surface area contributed by atoms with Crippen molar-refractivity contribution < 1.29 is 24.1 Å². The second kappa shape index (κ2) is 4.83. The van der Waals surface area contributed by atoms with Crippen molar-refractivity contribution in [1.29, 1.82) is 0 Å². The van der Waals surface area contributed by atoms with E-state index in [2.05, 4.69) is 0 Å². The van der Waals surface area contributed by atoms with Crippen LogP contribution in [0.15, 0.2) is 17.7 Å². The van der Waals surface area contributed by atoms with Crippen LogP contribution in [0.2, 0.25) is 0 Å². The Morgan fingerprint density at radius 1 is 1.40 bits per heavy atom. The average molecular weight is 276 g/mol. The molecule has 1 aromatic rings. The summed E-state index contributed by atoms with van der Waals surface area (Å²) in [6.07, 6.45) is 0.610. The molecule has 106 valence electrons. The Bertz CT molecular complexity index is 603.